The summed E-state index contributed by atoms with van der Waals surface area (Å²) >= 11 is 0.572. The molecule has 5 N–H and O–H groups in total. The molecule has 1 unspecified atom stereocenters. The van der Waals surface area contributed by atoms with Crippen LogP contribution in [0.25, 0.3) is 0 Å². The summed E-state index contributed by atoms with van der Waals surface area (Å²) in [5, 5.41) is 53.0. The van der Waals surface area contributed by atoms with Gasteiger partial charge in [0.05, 0.1) is 31.5 Å². The number of ketones is 2. The fourth-order valence-electron chi connectivity index (χ4n) is 15.4. The number of aliphatic carboxylic acids is 1. The van der Waals surface area contributed by atoms with Crippen molar-refractivity contribution in [1.29, 1.82) is 0 Å². The molecule has 8 aliphatic carbocycles. The average molecular weight is 980 g/mol. The van der Waals surface area contributed by atoms with Crippen molar-refractivity contribution in [2.45, 2.75) is 136 Å². The number of benzene rings is 1. The van der Waals surface area contributed by atoms with Gasteiger partial charge in [0.2, 0.25) is 5.12 Å². The van der Waals surface area contributed by atoms with Crippen LogP contribution in [0.1, 0.15) is 106 Å². The third-order valence-electron chi connectivity index (χ3n) is 18.6. The number of thioether (sulfide) groups is 1. The number of rotatable bonds is 4. The van der Waals surface area contributed by atoms with Gasteiger partial charge in [-0.3, -0.25) is 19.2 Å². The first-order chi connectivity index (χ1) is 31.4. The Labute approximate surface area is 408 Å². The molecular weight excluding hydrogens is 910 g/mol. The molecule has 1 aromatic rings. The SMILES string of the molecule is C.C.COc1ccc(C2O[C@@H]3C[C@H]4[C@@H]5CCC6=CC(=O)C=C[C@]6(C)[C@H]5[C@@H](O)C[C@]4(C)[C@]3(C(=O)SC(=O)N(C)C)O2)c(F)c1.C[C@]12C=CC(=O)C=C1CC[C@@H]1[C@@H]2[C@@H](O)C[C@@]2(C)[C@H]1C[C@@H](O)[C@]2(O)C(=O)O. The van der Waals surface area contributed by atoms with Crippen LogP contribution in [0.2, 0.25) is 0 Å². The summed E-state index contributed by atoms with van der Waals surface area (Å²) in [6.45, 7) is 7.76. The third kappa shape index (κ3) is 7.42. The minimum atomic E-state index is -2.25. The molecule has 10 rings (SSSR count). The Kier molecular flexibility index (Phi) is 13.7. The van der Waals surface area contributed by atoms with E-state index in [0.29, 0.717) is 43.2 Å². The maximum absolute atomic E-state index is 15.2. The Bertz CT molecular complexity index is 2440. The van der Waals surface area contributed by atoms with Crippen molar-refractivity contribution in [3.05, 3.63) is 77.2 Å². The van der Waals surface area contributed by atoms with E-state index < -0.39 is 85.7 Å². The van der Waals surface area contributed by atoms with E-state index in [0.717, 1.165) is 17.6 Å². The molecule has 1 amide bonds. The number of nitrogens with zero attached hydrogens (tertiary/aromatic N) is 1. The van der Waals surface area contributed by atoms with Gasteiger partial charge in [-0.15, -0.1) is 0 Å². The molecule has 0 spiro atoms. The second kappa shape index (κ2) is 17.9. The Morgan fingerprint density at radius 1 is 0.826 bits per heavy atom. The first kappa shape index (κ1) is 52.8. The van der Waals surface area contributed by atoms with Gasteiger partial charge in [0, 0.05) is 71.0 Å². The van der Waals surface area contributed by atoms with Gasteiger partial charge >= 0.3 is 5.97 Å². The first-order valence-electron chi connectivity index (χ1n) is 23.4. The van der Waals surface area contributed by atoms with Gasteiger partial charge < -0.3 is 44.6 Å². The van der Waals surface area contributed by atoms with Crippen LogP contribution in [0.3, 0.4) is 0 Å². The molecule has 9 aliphatic rings. The number of amides is 1. The fraction of sp³-hybridized carbons (Fsp3) is 0.642. The molecule has 14 nitrogen and oxygen atoms in total. The lowest BCUT2D eigenvalue weighted by Gasteiger charge is -2.59. The minimum absolute atomic E-state index is 0. The van der Waals surface area contributed by atoms with E-state index in [-0.39, 0.29) is 86.8 Å². The van der Waals surface area contributed by atoms with E-state index >= 15 is 4.39 Å². The smallest absolute Gasteiger partial charge is 0.339 e. The molecule has 1 heterocycles. The molecule has 16 heteroatoms. The standard InChI is InChI=1S/C31H36FNO7S.C20H26O6.2CH4/c1-29-11-10-17(34)12-16(29)6-8-19-21-14-24-31(27(36)41-28(37)33(3)4,30(21,2)15-23(35)25(19)29)40-26(39-24)20-9-7-18(38-5)13-22(20)32;1-18-6-5-11(21)7-10(18)3-4-12-13-8-15(23)20(26,17(24)25)19(13,2)9-14(22)16(12)18;;/h7,9-13,19,21,23-26,35H,6,8,14-15H2,1-5H3;5-7,12-16,22-23,26H,3-4,8-9H2,1-2H3,(H,24,25);2*1H4/t19-,21-,23-,24+,25+,26?,29-,30-,31-;12-,13-,14-,15+,16+,18-,19-,20-;;/m00../s1. The lowest BCUT2D eigenvalue weighted by atomic mass is 9.46. The second-order valence-electron chi connectivity index (χ2n) is 21.7. The molecular formula is C53H70FNO13S. The highest BCUT2D eigenvalue weighted by Crippen LogP contribution is 2.72. The van der Waals surface area contributed by atoms with E-state index in [2.05, 4.69) is 6.92 Å². The number of aliphatic hydroxyl groups is 4. The Morgan fingerprint density at radius 3 is 1.84 bits per heavy atom. The summed E-state index contributed by atoms with van der Waals surface area (Å²) in [5.41, 5.74) is -4.55. The van der Waals surface area contributed by atoms with E-state index in [1.165, 1.54) is 24.1 Å². The summed E-state index contributed by atoms with van der Waals surface area (Å²) in [4.78, 5) is 64.1. The van der Waals surface area contributed by atoms with Crippen LogP contribution in [0.5, 0.6) is 5.75 Å². The number of fused-ring (bicyclic) bond motifs is 12. The Hall–Kier alpha value is -4.03. The molecule has 0 radical (unpaired) electrons. The number of hydrogen-bond acceptors (Lipinski definition) is 13. The molecule has 17 atom stereocenters. The highest BCUT2D eigenvalue weighted by Gasteiger charge is 2.77. The van der Waals surface area contributed by atoms with Gasteiger partial charge in [0.1, 0.15) is 11.6 Å². The second-order valence-corrected chi connectivity index (χ2v) is 22.7. The summed E-state index contributed by atoms with van der Waals surface area (Å²) in [7, 11) is 4.59. The minimum Gasteiger partial charge on any atom is -0.497 e. The predicted molar refractivity (Wildman–Crippen MR) is 255 cm³/mol. The van der Waals surface area contributed by atoms with Crippen molar-refractivity contribution >= 4 is 39.7 Å². The summed E-state index contributed by atoms with van der Waals surface area (Å²) < 4.78 is 33.3. The lowest BCUT2D eigenvalue weighted by molar-refractivity contribution is -0.203. The Balaban J connectivity index is 0.000000217. The number of halogens is 1. The topological polar surface area (TPSA) is 217 Å². The van der Waals surface area contributed by atoms with Gasteiger partial charge in [-0.05, 0) is 111 Å². The number of allylic oxidation sites excluding steroid dienone is 8. The molecule has 1 aliphatic heterocycles. The monoisotopic (exact) mass is 979 g/mol. The van der Waals surface area contributed by atoms with Gasteiger partial charge in [-0.1, -0.05) is 65.8 Å². The van der Waals surface area contributed by atoms with Crippen LogP contribution in [0.4, 0.5) is 9.18 Å². The van der Waals surface area contributed by atoms with Crippen LogP contribution in [-0.2, 0) is 28.7 Å². The molecule has 1 saturated heterocycles. The lowest BCUT2D eigenvalue weighted by Crippen LogP contribution is -2.63. The van der Waals surface area contributed by atoms with Gasteiger partial charge in [0.15, 0.2) is 29.1 Å². The average Bonchev–Trinajstić information content (AvgIpc) is 3.84. The number of carboxylic acid groups (broad SMARTS) is 1. The first-order valence-corrected chi connectivity index (χ1v) is 24.2. The Morgan fingerprint density at radius 2 is 1.35 bits per heavy atom. The number of methoxy groups -OCH3 is 1. The molecule has 1 aromatic carbocycles. The summed E-state index contributed by atoms with van der Waals surface area (Å²) in [6.07, 6.45) is 9.36. The van der Waals surface area contributed by atoms with Crippen molar-refractivity contribution in [2.24, 2.45) is 57.2 Å². The van der Waals surface area contributed by atoms with E-state index in [1.807, 2.05) is 26.0 Å². The van der Waals surface area contributed by atoms with Gasteiger partial charge in [-0.25, -0.2) is 9.18 Å². The van der Waals surface area contributed by atoms with Crippen LogP contribution in [0, 0.1) is 63.0 Å². The van der Waals surface area contributed by atoms with Gasteiger partial charge in [-0.2, -0.15) is 0 Å². The van der Waals surface area contributed by atoms with Crippen molar-refractivity contribution in [2.75, 3.05) is 21.2 Å². The zero-order valence-electron chi connectivity index (χ0n) is 38.9. The molecule has 69 heavy (non-hydrogen) atoms. The quantitative estimate of drug-likeness (QED) is 0.203. The summed E-state index contributed by atoms with van der Waals surface area (Å²) in [6, 6.07) is 4.37. The highest BCUT2D eigenvalue weighted by atomic mass is 32.2. The zero-order valence-corrected chi connectivity index (χ0v) is 39.8. The molecule has 6 saturated carbocycles. The third-order valence-corrected chi connectivity index (χ3v) is 19.6. The number of carbonyl (C=O) groups excluding carboxylic acids is 4. The van der Waals surface area contributed by atoms with Crippen LogP contribution >= 0.6 is 11.8 Å². The number of aliphatic hydroxyl groups excluding tert-OH is 3. The van der Waals surface area contributed by atoms with Crippen molar-refractivity contribution in [3.63, 3.8) is 0 Å². The number of hydrogen-bond donors (Lipinski definition) is 5. The van der Waals surface area contributed by atoms with Crippen LogP contribution in [-0.4, -0.2) is 115 Å². The largest absolute Gasteiger partial charge is 0.497 e. The summed E-state index contributed by atoms with van der Waals surface area (Å²) in [5.74, 6) is -2.31. The number of ether oxygens (including phenoxy) is 3. The molecule has 7 fully saturated rings. The molecule has 0 bridgehead atoms. The molecule has 378 valence electrons. The maximum Gasteiger partial charge on any atom is 0.339 e. The maximum atomic E-state index is 15.2. The van der Waals surface area contributed by atoms with Gasteiger partial charge in [0.25, 0.3) is 5.24 Å². The van der Waals surface area contributed by atoms with Crippen molar-refractivity contribution in [3.8, 4) is 5.75 Å². The van der Waals surface area contributed by atoms with E-state index in [4.69, 9.17) is 14.2 Å². The van der Waals surface area contributed by atoms with Crippen molar-refractivity contribution in [1.82, 2.24) is 4.90 Å². The zero-order chi connectivity index (χ0) is 48.6. The molecule has 0 aromatic heterocycles. The van der Waals surface area contributed by atoms with Crippen LogP contribution < -0.4 is 4.74 Å². The highest BCUT2D eigenvalue weighted by molar-refractivity contribution is 8.26. The number of carbonyl (C=O) groups is 5. The van der Waals surface area contributed by atoms with Crippen LogP contribution in [0.15, 0.2) is 65.8 Å². The van der Waals surface area contributed by atoms with E-state index in [1.54, 1.807) is 51.4 Å². The number of carboxylic acids is 1. The normalized spacial score (nSPS) is 44.0. The fourth-order valence-corrected chi connectivity index (χ4v) is 16.3. The van der Waals surface area contributed by atoms with Crippen molar-refractivity contribution < 1.29 is 68.1 Å². The van der Waals surface area contributed by atoms with E-state index in [9.17, 15) is 49.5 Å². The predicted octanol–water partition coefficient (Wildman–Crippen LogP) is 7.14.